The van der Waals surface area contributed by atoms with E-state index in [1.165, 1.54) is 18.5 Å². The van der Waals surface area contributed by atoms with E-state index in [0.29, 0.717) is 5.92 Å². The Morgan fingerprint density at radius 2 is 1.78 bits per heavy atom. The molecule has 1 aliphatic heterocycles. The molecular weight excluding hydrogens is 227 g/mol. The highest BCUT2D eigenvalue weighted by Crippen LogP contribution is 2.41. The molecule has 18 heavy (non-hydrogen) atoms. The Labute approximate surface area is 109 Å². The summed E-state index contributed by atoms with van der Waals surface area (Å²) in [5.74, 6) is 0.645. The molecule has 0 unspecified atom stereocenters. The van der Waals surface area contributed by atoms with Crippen LogP contribution in [0, 0.1) is 0 Å². The van der Waals surface area contributed by atoms with Crippen LogP contribution in [0.1, 0.15) is 52.1 Å². The molecule has 0 radical (unpaired) electrons. The first kappa shape index (κ1) is 12.2. The van der Waals surface area contributed by atoms with Crippen LogP contribution in [0.2, 0.25) is 0 Å². The van der Waals surface area contributed by atoms with Crippen LogP contribution in [0.15, 0.2) is 6.20 Å². The van der Waals surface area contributed by atoms with Crippen molar-refractivity contribution in [3.05, 3.63) is 11.9 Å². The molecule has 2 aliphatic rings. The molecule has 0 bridgehead atoms. The summed E-state index contributed by atoms with van der Waals surface area (Å²) in [4.78, 5) is 0. The fourth-order valence-electron chi connectivity index (χ4n) is 2.47. The Morgan fingerprint density at radius 3 is 2.28 bits per heavy atom. The first-order chi connectivity index (χ1) is 8.32. The Balaban J connectivity index is 1.93. The predicted octanol–water partition coefficient (Wildman–Crippen LogP) is 1.60. The SMILES string of the molecule is Cn1ncc(B2OC(C)(C)C(C)(C)O2)c1C1CC1. The third kappa shape index (κ3) is 1.72. The first-order valence-electron chi connectivity index (χ1n) is 6.69. The van der Waals surface area contributed by atoms with E-state index in [1.807, 2.05) is 17.9 Å². The molecule has 1 aliphatic carbocycles. The number of hydrogen-bond donors (Lipinski definition) is 0. The highest BCUT2D eigenvalue weighted by Gasteiger charge is 2.53. The maximum absolute atomic E-state index is 6.11. The number of aromatic nitrogens is 2. The molecule has 3 rings (SSSR count). The predicted molar refractivity (Wildman–Crippen MR) is 70.9 cm³/mol. The smallest absolute Gasteiger partial charge is 0.399 e. The highest BCUT2D eigenvalue weighted by atomic mass is 16.7. The number of aryl methyl sites for hydroxylation is 1. The van der Waals surface area contributed by atoms with Crippen LogP contribution >= 0.6 is 0 Å². The van der Waals surface area contributed by atoms with Gasteiger partial charge in [-0.1, -0.05) is 0 Å². The van der Waals surface area contributed by atoms with Crippen LogP contribution in [0.3, 0.4) is 0 Å². The van der Waals surface area contributed by atoms with Gasteiger partial charge in [0.25, 0.3) is 0 Å². The lowest BCUT2D eigenvalue weighted by atomic mass is 9.78. The van der Waals surface area contributed by atoms with Crippen molar-refractivity contribution in [3.63, 3.8) is 0 Å². The minimum absolute atomic E-state index is 0.278. The molecule has 0 aromatic carbocycles. The van der Waals surface area contributed by atoms with E-state index in [2.05, 4.69) is 32.8 Å². The lowest BCUT2D eigenvalue weighted by Gasteiger charge is -2.32. The fraction of sp³-hybridized carbons (Fsp3) is 0.769. The minimum Gasteiger partial charge on any atom is -0.399 e. The second-order valence-electron chi connectivity index (χ2n) is 6.47. The summed E-state index contributed by atoms with van der Waals surface area (Å²) < 4.78 is 14.2. The van der Waals surface area contributed by atoms with Gasteiger partial charge < -0.3 is 9.31 Å². The lowest BCUT2D eigenvalue weighted by molar-refractivity contribution is 0.00578. The van der Waals surface area contributed by atoms with Crippen molar-refractivity contribution in [3.8, 4) is 0 Å². The topological polar surface area (TPSA) is 36.3 Å². The van der Waals surface area contributed by atoms with Crippen LogP contribution in [0.5, 0.6) is 0 Å². The third-order valence-electron chi connectivity index (χ3n) is 4.49. The van der Waals surface area contributed by atoms with Gasteiger partial charge in [0.05, 0.1) is 11.2 Å². The molecule has 0 amide bonds. The summed E-state index contributed by atoms with van der Waals surface area (Å²) in [7, 11) is 1.72. The van der Waals surface area contributed by atoms with Gasteiger partial charge in [-0.25, -0.2) is 0 Å². The summed E-state index contributed by atoms with van der Waals surface area (Å²) in [5, 5.41) is 4.37. The molecule has 98 valence electrons. The van der Waals surface area contributed by atoms with Gasteiger partial charge in [-0.2, -0.15) is 5.10 Å². The minimum atomic E-state index is -0.283. The van der Waals surface area contributed by atoms with Crippen molar-refractivity contribution in [1.82, 2.24) is 9.78 Å². The normalized spacial score (nSPS) is 25.7. The molecule has 0 N–H and O–H groups in total. The van der Waals surface area contributed by atoms with Crippen molar-refractivity contribution in [1.29, 1.82) is 0 Å². The monoisotopic (exact) mass is 248 g/mol. The largest absolute Gasteiger partial charge is 0.498 e. The summed E-state index contributed by atoms with van der Waals surface area (Å²) in [6.07, 6.45) is 4.41. The molecule has 1 saturated carbocycles. The Kier molecular flexibility index (Phi) is 2.45. The van der Waals surface area contributed by atoms with Crippen LogP contribution in [0.4, 0.5) is 0 Å². The van der Waals surface area contributed by atoms with Crippen molar-refractivity contribution in [2.24, 2.45) is 7.05 Å². The molecule has 1 aromatic heterocycles. The van der Waals surface area contributed by atoms with Crippen molar-refractivity contribution in [2.75, 3.05) is 0 Å². The quantitative estimate of drug-likeness (QED) is 0.746. The summed E-state index contributed by atoms with van der Waals surface area (Å²) in [5.41, 5.74) is 1.83. The van der Waals surface area contributed by atoms with E-state index in [0.717, 1.165) is 5.46 Å². The number of hydrogen-bond acceptors (Lipinski definition) is 3. The molecule has 5 heteroatoms. The van der Waals surface area contributed by atoms with Gasteiger partial charge in [-0.05, 0) is 40.5 Å². The van der Waals surface area contributed by atoms with Gasteiger partial charge >= 0.3 is 7.12 Å². The van der Waals surface area contributed by atoms with Crippen molar-refractivity contribution >= 4 is 12.6 Å². The number of nitrogens with zero attached hydrogens (tertiary/aromatic N) is 2. The van der Waals surface area contributed by atoms with Crippen molar-refractivity contribution in [2.45, 2.75) is 57.7 Å². The van der Waals surface area contributed by atoms with Gasteiger partial charge in [0.15, 0.2) is 0 Å². The first-order valence-corrected chi connectivity index (χ1v) is 6.69. The zero-order chi connectivity index (χ0) is 13.1. The average Bonchev–Trinajstić information content (AvgIpc) is 2.95. The molecule has 2 fully saturated rings. The van der Waals surface area contributed by atoms with Gasteiger partial charge in [0.1, 0.15) is 0 Å². The van der Waals surface area contributed by atoms with Gasteiger partial charge in [-0.3, -0.25) is 4.68 Å². The maximum Gasteiger partial charge on any atom is 0.498 e. The third-order valence-corrected chi connectivity index (χ3v) is 4.49. The molecule has 4 nitrogen and oxygen atoms in total. The molecule has 0 spiro atoms. The van der Waals surface area contributed by atoms with E-state index < -0.39 is 0 Å². The Hall–Kier alpha value is -0.805. The average molecular weight is 248 g/mol. The molecular formula is C13H21BN2O2. The van der Waals surface area contributed by atoms with Crippen LogP contribution < -0.4 is 5.46 Å². The van der Waals surface area contributed by atoms with E-state index in [4.69, 9.17) is 9.31 Å². The van der Waals surface area contributed by atoms with E-state index in [9.17, 15) is 0 Å². The second kappa shape index (κ2) is 3.61. The van der Waals surface area contributed by atoms with Crippen LogP contribution in [0.25, 0.3) is 0 Å². The van der Waals surface area contributed by atoms with E-state index in [1.54, 1.807) is 0 Å². The fourth-order valence-corrected chi connectivity index (χ4v) is 2.47. The zero-order valence-corrected chi connectivity index (χ0v) is 11.9. The summed E-state index contributed by atoms with van der Waals surface area (Å²) >= 11 is 0. The van der Waals surface area contributed by atoms with Crippen LogP contribution in [-0.2, 0) is 16.4 Å². The molecule has 2 heterocycles. The van der Waals surface area contributed by atoms with Gasteiger partial charge in [-0.15, -0.1) is 0 Å². The van der Waals surface area contributed by atoms with E-state index >= 15 is 0 Å². The molecule has 1 saturated heterocycles. The lowest BCUT2D eigenvalue weighted by Crippen LogP contribution is -2.41. The van der Waals surface area contributed by atoms with Crippen molar-refractivity contribution < 1.29 is 9.31 Å². The number of rotatable bonds is 2. The van der Waals surface area contributed by atoms with E-state index in [-0.39, 0.29) is 18.3 Å². The van der Waals surface area contributed by atoms with Crippen LogP contribution in [-0.4, -0.2) is 28.1 Å². The maximum atomic E-state index is 6.11. The Morgan fingerprint density at radius 1 is 1.22 bits per heavy atom. The zero-order valence-electron chi connectivity index (χ0n) is 11.9. The second-order valence-corrected chi connectivity index (χ2v) is 6.47. The standard InChI is InChI=1S/C13H21BN2O2/c1-12(2)13(3,4)18-14(17-12)10-8-15-16(5)11(10)9-6-7-9/h8-9H,6-7H2,1-5H3. The highest BCUT2D eigenvalue weighted by molar-refractivity contribution is 6.62. The molecule has 1 aromatic rings. The summed E-state index contributed by atoms with van der Waals surface area (Å²) in [6, 6.07) is 0. The van der Waals surface area contributed by atoms with Gasteiger partial charge in [0, 0.05) is 30.3 Å². The van der Waals surface area contributed by atoms with Gasteiger partial charge in [0.2, 0.25) is 0 Å². The Bertz CT molecular complexity index is 461. The summed E-state index contributed by atoms with van der Waals surface area (Å²) in [6.45, 7) is 8.33. The molecule has 0 atom stereocenters.